The third kappa shape index (κ3) is 6.39. The molecule has 5 heteroatoms. The Morgan fingerprint density at radius 2 is 1.95 bits per heavy atom. The van der Waals surface area contributed by atoms with E-state index in [0.717, 1.165) is 10.0 Å². The largest absolute Gasteiger partial charge is 0.444 e. The van der Waals surface area contributed by atoms with Crippen molar-refractivity contribution in [2.45, 2.75) is 38.7 Å². The van der Waals surface area contributed by atoms with E-state index in [9.17, 15) is 9.90 Å². The number of carbonyl (C=O) groups excluding carboxylic acids is 1. The molecule has 2 N–H and O–H groups in total. The maximum atomic E-state index is 11.5. The van der Waals surface area contributed by atoms with Gasteiger partial charge in [-0.15, -0.1) is 0 Å². The van der Waals surface area contributed by atoms with E-state index in [1.54, 1.807) is 0 Å². The van der Waals surface area contributed by atoms with Gasteiger partial charge in [0.15, 0.2) is 0 Å². The van der Waals surface area contributed by atoms with E-state index in [1.807, 2.05) is 45.0 Å². The molecule has 0 bridgehead atoms. The van der Waals surface area contributed by atoms with E-state index < -0.39 is 11.7 Å². The van der Waals surface area contributed by atoms with Gasteiger partial charge in [-0.1, -0.05) is 28.1 Å². The maximum Gasteiger partial charge on any atom is 0.407 e. The van der Waals surface area contributed by atoms with Crippen molar-refractivity contribution in [1.82, 2.24) is 5.32 Å². The quantitative estimate of drug-likeness (QED) is 0.860. The first-order valence-corrected chi connectivity index (χ1v) is 7.44. The van der Waals surface area contributed by atoms with Gasteiger partial charge in [0, 0.05) is 23.5 Å². The zero-order valence-corrected chi connectivity index (χ0v) is 13.7. The number of carbonyl (C=O) groups is 1. The normalized spacial score (nSPS) is 12.8. The summed E-state index contributed by atoms with van der Waals surface area (Å²) in [7, 11) is 0. The zero-order valence-electron chi connectivity index (χ0n) is 12.1. The second kappa shape index (κ2) is 7.64. The molecule has 20 heavy (non-hydrogen) atoms. The van der Waals surface area contributed by atoms with Crippen LogP contribution in [0.3, 0.4) is 0 Å². The summed E-state index contributed by atoms with van der Waals surface area (Å²) in [6.07, 6.45) is 0.238. The Balaban J connectivity index is 2.42. The molecule has 0 aliphatic carbocycles. The first kappa shape index (κ1) is 17.0. The predicted molar refractivity (Wildman–Crippen MR) is 82.8 cm³/mol. The molecule has 112 valence electrons. The number of benzene rings is 1. The number of hydrogen-bond donors (Lipinski definition) is 2. The molecule has 0 saturated heterocycles. The fourth-order valence-electron chi connectivity index (χ4n) is 1.76. The van der Waals surface area contributed by atoms with Gasteiger partial charge in [-0.25, -0.2) is 4.79 Å². The van der Waals surface area contributed by atoms with Gasteiger partial charge in [-0.2, -0.15) is 0 Å². The highest BCUT2D eigenvalue weighted by Crippen LogP contribution is 2.21. The third-order valence-electron chi connectivity index (χ3n) is 2.72. The summed E-state index contributed by atoms with van der Waals surface area (Å²) in [4.78, 5) is 11.5. The van der Waals surface area contributed by atoms with Crippen LogP contribution in [0.15, 0.2) is 28.7 Å². The van der Waals surface area contributed by atoms with Gasteiger partial charge in [0.25, 0.3) is 0 Å². The molecule has 1 rings (SSSR count). The van der Waals surface area contributed by atoms with E-state index >= 15 is 0 Å². The number of nitrogens with one attached hydrogen (secondary N) is 1. The van der Waals surface area contributed by atoms with Crippen molar-refractivity contribution in [3.63, 3.8) is 0 Å². The molecule has 0 fully saturated rings. The predicted octanol–water partition coefficient (Wildman–Crippen LogP) is 3.44. The average molecular weight is 344 g/mol. The number of rotatable bonds is 5. The molecule has 0 aliphatic rings. The zero-order chi connectivity index (χ0) is 15.2. The lowest BCUT2D eigenvalue weighted by Crippen LogP contribution is -2.33. The highest BCUT2D eigenvalue weighted by Gasteiger charge is 2.16. The Kier molecular flexibility index (Phi) is 6.49. The number of aliphatic hydroxyl groups is 1. The summed E-state index contributed by atoms with van der Waals surface area (Å²) < 4.78 is 6.16. The molecule has 0 radical (unpaired) electrons. The Labute approximate surface area is 128 Å². The van der Waals surface area contributed by atoms with Crippen LogP contribution in [0.25, 0.3) is 0 Å². The highest BCUT2D eigenvalue weighted by molar-refractivity contribution is 9.10. The van der Waals surface area contributed by atoms with Crippen molar-refractivity contribution >= 4 is 22.0 Å². The average Bonchev–Trinajstić information content (AvgIpc) is 2.34. The van der Waals surface area contributed by atoms with Crippen molar-refractivity contribution in [3.05, 3.63) is 34.3 Å². The Morgan fingerprint density at radius 1 is 1.35 bits per heavy atom. The molecule has 4 nitrogen and oxygen atoms in total. The van der Waals surface area contributed by atoms with Gasteiger partial charge in [-0.3, -0.25) is 0 Å². The first-order chi connectivity index (χ1) is 9.31. The smallest absolute Gasteiger partial charge is 0.407 e. The minimum Gasteiger partial charge on any atom is -0.444 e. The SMILES string of the molecule is CC(C)(C)OC(=O)NCC[C@H](CO)c1ccc(Br)cc1. The van der Waals surface area contributed by atoms with Gasteiger partial charge in [0.1, 0.15) is 5.60 Å². The van der Waals surface area contributed by atoms with Crippen LogP contribution < -0.4 is 5.32 Å². The van der Waals surface area contributed by atoms with Crippen LogP contribution in [0.4, 0.5) is 4.79 Å². The lowest BCUT2D eigenvalue weighted by Gasteiger charge is -2.20. The summed E-state index contributed by atoms with van der Waals surface area (Å²) >= 11 is 3.38. The number of amides is 1. The molecule has 0 unspecified atom stereocenters. The van der Waals surface area contributed by atoms with E-state index in [1.165, 1.54) is 0 Å². The Hall–Kier alpha value is -1.07. The van der Waals surface area contributed by atoms with E-state index in [-0.39, 0.29) is 12.5 Å². The molecule has 0 spiro atoms. The third-order valence-corrected chi connectivity index (χ3v) is 3.25. The van der Waals surface area contributed by atoms with Gasteiger partial charge in [0.05, 0.1) is 0 Å². The molecule has 1 aromatic rings. The lowest BCUT2D eigenvalue weighted by molar-refractivity contribution is 0.0525. The summed E-state index contributed by atoms with van der Waals surface area (Å²) in [5, 5.41) is 12.1. The number of ether oxygens (including phenoxy) is 1. The molecule has 0 aromatic heterocycles. The van der Waals surface area contributed by atoms with Crippen molar-refractivity contribution in [2.75, 3.05) is 13.2 Å². The number of halogens is 1. The van der Waals surface area contributed by atoms with Gasteiger partial charge in [-0.05, 0) is 44.9 Å². The minimum atomic E-state index is -0.494. The number of aliphatic hydroxyl groups excluding tert-OH is 1. The molecule has 1 atom stereocenters. The van der Waals surface area contributed by atoms with Crippen molar-refractivity contribution in [3.8, 4) is 0 Å². The molecule has 1 amide bonds. The van der Waals surface area contributed by atoms with Crippen LogP contribution in [0.5, 0.6) is 0 Å². The second-order valence-electron chi connectivity index (χ2n) is 5.65. The van der Waals surface area contributed by atoms with Gasteiger partial charge in [0.2, 0.25) is 0 Å². The van der Waals surface area contributed by atoms with E-state index in [2.05, 4.69) is 21.2 Å². The molecule has 0 aliphatic heterocycles. The summed E-state index contributed by atoms with van der Waals surface area (Å²) in [5.74, 6) is 0.0121. The monoisotopic (exact) mass is 343 g/mol. The van der Waals surface area contributed by atoms with Crippen molar-refractivity contribution in [1.29, 1.82) is 0 Å². The van der Waals surface area contributed by atoms with Crippen LogP contribution >= 0.6 is 15.9 Å². The molecule has 0 saturated carbocycles. The van der Waals surface area contributed by atoms with Crippen LogP contribution in [0, 0.1) is 0 Å². The summed E-state index contributed by atoms with van der Waals surface area (Å²) in [6, 6.07) is 7.83. The molecular formula is C15H22BrNO3. The number of hydrogen-bond acceptors (Lipinski definition) is 3. The fraction of sp³-hybridized carbons (Fsp3) is 0.533. The van der Waals surface area contributed by atoms with Crippen LogP contribution in [-0.4, -0.2) is 30.0 Å². The highest BCUT2D eigenvalue weighted by atomic mass is 79.9. The van der Waals surface area contributed by atoms with Crippen molar-refractivity contribution in [2.24, 2.45) is 0 Å². The van der Waals surface area contributed by atoms with Crippen LogP contribution in [0.1, 0.15) is 38.7 Å². The Morgan fingerprint density at radius 3 is 2.45 bits per heavy atom. The van der Waals surface area contributed by atoms with Crippen molar-refractivity contribution < 1.29 is 14.6 Å². The summed E-state index contributed by atoms with van der Waals surface area (Å²) in [6.45, 7) is 5.99. The standard InChI is InChI=1S/C15H22BrNO3/c1-15(2,3)20-14(19)17-9-8-12(10-18)11-4-6-13(16)7-5-11/h4-7,12,18H,8-10H2,1-3H3,(H,17,19)/t12-/m1/s1. The second-order valence-corrected chi connectivity index (χ2v) is 6.56. The summed E-state index contributed by atoms with van der Waals surface area (Å²) in [5.41, 5.74) is 0.563. The van der Waals surface area contributed by atoms with E-state index in [4.69, 9.17) is 4.74 Å². The minimum absolute atomic E-state index is 0.0121. The molecule has 1 aromatic carbocycles. The first-order valence-electron chi connectivity index (χ1n) is 6.65. The van der Waals surface area contributed by atoms with Gasteiger partial charge < -0.3 is 15.2 Å². The molecule has 0 heterocycles. The lowest BCUT2D eigenvalue weighted by atomic mass is 9.97. The van der Waals surface area contributed by atoms with Gasteiger partial charge >= 0.3 is 6.09 Å². The van der Waals surface area contributed by atoms with Crippen LogP contribution in [-0.2, 0) is 4.74 Å². The fourth-order valence-corrected chi connectivity index (χ4v) is 2.03. The Bertz CT molecular complexity index is 426. The topological polar surface area (TPSA) is 58.6 Å². The maximum absolute atomic E-state index is 11.5. The van der Waals surface area contributed by atoms with Crippen LogP contribution in [0.2, 0.25) is 0 Å². The van der Waals surface area contributed by atoms with E-state index in [0.29, 0.717) is 13.0 Å². The molecular weight excluding hydrogens is 322 g/mol. The number of alkyl carbamates (subject to hydrolysis) is 1.